The molecular weight excluding hydrogens is 167 g/mol. The van der Waals surface area contributed by atoms with Crippen molar-refractivity contribution >= 4 is 0 Å². The van der Waals surface area contributed by atoms with Gasteiger partial charge in [0.2, 0.25) is 0 Å². The van der Waals surface area contributed by atoms with Gasteiger partial charge in [-0.3, -0.25) is 9.80 Å². The van der Waals surface area contributed by atoms with Crippen LogP contribution in [0, 0.1) is 0 Å². The van der Waals surface area contributed by atoms with Crippen molar-refractivity contribution in [3.05, 3.63) is 0 Å². The summed E-state index contributed by atoms with van der Waals surface area (Å²) in [6.07, 6.45) is 0. The molecule has 0 aromatic heterocycles. The van der Waals surface area contributed by atoms with Crippen LogP contribution in [0.15, 0.2) is 0 Å². The first kappa shape index (κ1) is 10.9. The fourth-order valence-electron chi connectivity index (χ4n) is 1.72. The second-order valence-electron chi connectivity index (χ2n) is 4.91. The van der Waals surface area contributed by atoms with Crippen molar-refractivity contribution in [2.45, 2.75) is 32.4 Å². The molecule has 1 aliphatic rings. The molecule has 0 aromatic rings. The third-order valence-electron chi connectivity index (χ3n) is 2.90. The van der Waals surface area contributed by atoms with Gasteiger partial charge in [0.05, 0.1) is 6.04 Å². The molecule has 1 rings (SSSR count). The second-order valence-corrected chi connectivity index (χ2v) is 4.91. The van der Waals surface area contributed by atoms with Crippen LogP contribution in [0.1, 0.15) is 20.8 Å². The number of likely N-dealkylation sites (N-methyl/N-ethyl adjacent to an activating group) is 1. The van der Waals surface area contributed by atoms with Gasteiger partial charge >= 0.3 is 0 Å². The van der Waals surface area contributed by atoms with E-state index in [-0.39, 0.29) is 18.3 Å². The Balaban J connectivity index is 2.55. The summed E-state index contributed by atoms with van der Waals surface area (Å²) < 4.78 is 12.6. The molecule has 78 valence electrons. The SMILES string of the molecule is CN1CCN(C(C)(C)C)CC1CF. The minimum Gasteiger partial charge on any atom is -0.298 e. The highest BCUT2D eigenvalue weighted by molar-refractivity contribution is 4.86. The summed E-state index contributed by atoms with van der Waals surface area (Å²) in [5.41, 5.74) is 0.175. The maximum absolute atomic E-state index is 12.6. The van der Waals surface area contributed by atoms with Gasteiger partial charge in [-0.2, -0.15) is 0 Å². The molecule has 0 amide bonds. The molecule has 0 radical (unpaired) electrons. The average Bonchev–Trinajstić information content (AvgIpc) is 2.03. The number of hydrogen-bond donors (Lipinski definition) is 0. The Morgan fingerprint density at radius 3 is 2.38 bits per heavy atom. The summed E-state index contributed by atoms with van der Waals surface area (Å²) in [5, 5.41) is 0. The zero-order valence-electron chi connectivity index (χ0n) is 9.18. The predicted molar refractivity (Wildman–Crippen MR) is 53.7 cm³/mol. The Hall–Kier alpha value is -0.150. The summed E-state index contributed by atoms with van der Waals surface area (Å²) in [6.45, 7) is 9.22. The molecule has 1 heterocycles. The van der Waals surface area contributed by atoms with Gasteiger partial charge in [0.25, 0.3) is 0 Å². The highest BCUT2D eigenvalue weighted by atomic mass is 19.1. The first-order valence-electron chi connectivity index (χ1n) is 4.96. The van der Waals surface area contributed by atoms with Gasteiger partial charge < -0.3 is 0 Å². The summed E-state index contributed by atoms with van der Waals surface area (Å²) in [7, 11) is 2.00. The second kappa shape index (κ2) is 3.93. The molecule has 1 unspecified atom stereocenters. The van der Waals surface area contributed by atoms with E-state index in [0.29, 0.717) is 0 Å². The molecule has 0 aromatic carbocycles. The minimum atomic E-state index is -0.233. The molecule has 0 N–H and O–H groups in total. The highest BCUT2D eigenvalue weighted by Gasteiger charge is 2.30. The van der Waals surface area contributed by atoms with Crippen LogP contribution in [0.3, 0.4) is 0 Å². The van der Waals surface area contributed by atoms with Crippen LogP contribution in [0.4, 0.5) is 4.39 Å². The van der Waals surface area contributed by atoms with Crippen molar-refractivity contribution in [1.29, 1.82) is 0 Å². The Labute approximate surface area is 80.7 Å². The largest absolute Gasteiger partial charge is 0.298 e. The Kier molecular flexibility index (Phi) is 3.30. The van der Waals surface area contributed by atoms with Crippen LogP contribution in [0.25, 0.3) is 0 Å². The molecule has 0 saturated carbocycles. The van der Waals surface area contributed by atoms with Crippen LogP contribution in [0.2, 0.25) is 0 Å². The van der Waals surface area contributed by atoms with Gasteiger partial charge in [-0.25, -0.2) is 4.39 Å². The van der Waals surface area contributed by atoms with Crippen LogP contribution in [-0.2, 0) is 0 Å². The van der Waals surface area contributed by atoms with E-state index in [0.717, 1.165) is 19.6 Å². The lowest BCUT2D eigenvalue weighted by molar-refractivity contribution is 0.0263. The predicted octanol–water partition coefficient (Wildman–Crippen LogP) is 1.37. The van der Waals surface area contributed by atoms with E-state index < -0.39 is 0 Å². The van der Waals surface area contributed by atoms with E-state index in [1.807, 2.05) is 7.05 Å². The number of hydrogen-bond acceptors (Lipinski definition) is 2. The van der Waals surface area contributed by atoms with Crippen molar-refractivity contribution in [1.82, 2.24) is 9.80 Å². The van der Waals surface area contributed by atoms with E-state index in [1.54, 1.807) is 0 Å². The average molecular weight is 188 g/mol. The van der Waals surface area contributed by atoms with Gasteiger partial charge in [-0.1, -0.05) is 0 Å². The van der Waals surface area contributed by atoms with Crippen molar-refractivity contribution in [3.8, 4) is 0 Å². The lowest BCUT2D eigenvalue weighted by atomic mass is 10.0. The van der Waals surface area contributed by atoms with Crippen molar-refractivity contribution in [2.24, 2.45) is 0 Å². The lowest BCUT2D eigenvalue weighted by Gasteiger charge is -2.44. The topological polar surface area (TPSA) is 6.48 Å². The van der Waals surface area contributed by atoms with Gasteiger partial charge in [-0.15, -0.1) is 0 Å². The number of halogens is 1. The molecule has 3 heteroatoms. The molecule has 13 heavy (non-hydrogen) atoms. The van der Waals surface area contributed by atoms with Gasteiger partial charge in [-0.05, 0) is 27.8 Å². The third kappa shape index (κ3) is 2.64. The molecule has 1 atom stereocenters. The molecule has 0 aliphatic carbocycles. The molecule has 2 nitrogen and oxygen atoms in total. The first-order valence-corrected chi connectivity index (χ1v) is 4.96. The number of alkyl halides is 1. The summed E-state index contributed by atoms with van der Waals surface area (Å²) in [5.74, 6) is 0. The molecule has 1 saturated heterocycles. The van der Waals surface area contributed by atoms with E-state index in [9.17, 15) is 4.39 Å². The quantitative estimate of drug-likeness (QED) is 0.613. The molecule has 1 aliphatic heterocycles. The Morgan fingerprint density at radius 2 is 1.92 bits per heavy atom. The Morgan fingerprint density at radius 1 is 1.31 bits per heavy atom. The minimum absolute atomic E-state index is 0.0907. The zero-order chi connectivity index (χ0) is 10.1. The standard InChI is InChI=1S/C10H21FN2/c1-10(2,3)13-6-5-12(4)9(7-11)8-13/h9H,5-8H2,1-4H3. The van der Waals surface area contributed by atoms with E-state index in [2.05, 4.69) is 30.6 Å². The number of nitrogens with zero attached hydrogens (tertiary/aromatic N) is 2. The molecular formula is C10H21FN2. The molecule has 1 fully saturated rings. The lowest BCUT2D eigenvalue weighted by Crippen LogP contribution is -2.57. The van der Waals surface area contributed by atoms with Crippen LogP contribution in [0.5, 0.6) is 0 Å². The van der Waals surface area contributed by atoms with Crippen LogP contribution >= 0.6 is 0 Å². The monoisotopic (exact) mass is 188 g/mol. The van der Waals surface area contributed by atoms with Crippen molar-refractivity contribution in [2.75, 3.05) is 33.4 Å². The summed E-state index contributed by atoms with van der Waals surface area (Å²) in [4.78, 5) is 4.47. The van der Waals surface area contributed by atoms with Crippen molar-refractivity contribution < 1.29 is 4.39 Å². The smallest absolute Gasteiger partial charge is 0.106 e. The van der Waals surface area contributed by atoms with Gasteiger partial charge in [0.1, 0.15) is 6.67 Å². The third-order valence-corrected chi connectivity index (χ3v) is 2.90. The Bertz CT molecular complexity index is 165. The van der Waals surface area contributed by atoms with Crippen LogP contribution in [-0.4, -0.2) is 54.7 Å². The molecule has 0 bridgehead atoms. The van der Waals surface area contributed by atoms with Gasteiger partial charge in [0, 0.05) is 25.2 Å². The maximum Gasteiger partial charge on any atom is 0.106 e. The molecule has 0 spiro atoms. The van der Waals surface area contributed by atoms with E-state index >= 15 is 0 Å². The van der Waals surface area contributed by atoms with Crippen LogP contribution < -0.4 is 0 Å². The zero-order valence-corrected chi connectivity index (χ0v) is 9.18. The first-order chi connectivity index (χ1) is 5.95. The van der Waals surface area contributed by atoms with E-state index in [4.69, 9.17) is 0 Å². The summed E-state index contributed by atoms with van der Waals surface area (Å²) >= 11 is 0. The normalized spacial score (nSPS) is 27.9. The van der Waals surface area contributed by atoms with Gasteiger partial charge in [0.15, 0.2) is 0 Å². The van der Waals surface area contributed by atoms with Crippen molar-refractivity contribution in [3.63, 3.8) is 0 Å². The fraction of sp³-hybridized carbons (Fsp3) is 1.00. The maximum atomic E-state index is 12.6. The number of piperazine rings is 1. The highest BCUT2D eigenvalue weighted by Crippen LogP contribution is 2.18. The number of rotatable bonds is 1. The summed E-state index contributed by atoms with van der Waals surface area (Å²) in [6, 6.07) is 0.0907. The van der Waals surface area contributed by atoms with E-state index in [1.165, 1.54) is 0 Å². The fourth-order valence-corrected chi connectivity index (χ4v) is 1.72.